The van der Waals surface area contributed by atoms with Crippen molar-refractivity contribution in [3.8, 4) is 5.75 Å². The lowest BCUT2D eigenvalue weighted by Gasteiger charge is -2.33. The number of rotatable bonds is 9. The normalized spacial score (nSPS) is 15.0. The van der Waals surface area contributed by atoms with Crippen LogP contribution >= 0.6 is 24.0 Å². The Balaban J connectivity index is 0.00000480. The molecule has 0 aliphatic carbocycles. The SMILES string of the molecule is CCNC(=NCc1cccc(OCC(N)=O)c1)NC1CCN(CC(=O)N(C)C)CC1.I. The number of ether oxygens (including phenoxy) is 1. The Morgan fingerprint density at radius 1 is 1.29 bits per heavy atom. The van der Waals surface area contributed by atoms with E-state index in [0.717, 1.165) is 44.0 Å². The number of likely N-dealkylation sites (tertiary alicyclic amines) is 1. The van der Waals surface area contributed by atoms with Crippen LogP contribution in [0.3, 0.4) is 0 Å². The van der Waals surface area contributed by atoms with Crippen molar-refractivity contribution in [1.29, 1.82) is 0 Å². The summed E-state index contributed by atoms with van der Waals surface area (Å²) in [4.78, 5) is 31.3. The standard InChI is InChI=1S/C21H34N6O3.HI/c1-4-23-21(24-13-16-6-5-7-18(12-16)30-15-19(22)28)25-17-8-10-27(11-9-17)14-20(29)26(2)3;/h5-7,12,17H,4,8-11,13-15H2,1-3H3,(H2,22,28)(H2,23,24,25);1H. The van der Waals surface area contributed by atoms with Crippen LogP contribution in [0.15, 0.2) is 29.3 Å². The maximum Gasteiger partial charge on any atom is 0.255 e. The molecule has 1 heterocycles. The van der Waals surface area contributed by atoms with Crippen molar-refractivity contribution >= 4 is 41.8 Å². The summed E-state index contributed by atoms with van der Waals surface area (Å²) in [6, 6.07) is 7.79. The summed E-state index contributed by atoms with van der Waals surface area (Å²) in [7, 11) is 3.57. The minimum absolute atomic E-state index is 0. The maximum absolute atomic E-state index is 11.9. The average molecular weight is 546 g/mol. The van der Waals surface area contributed by atoms with Gasteiger partial charge in [0, 0.05) is 39.8 Å². The fraction of sp³-hybridized carbons (Fsp3) is 0.571. The highest BCUT2D eigenvalue weighted by atomic mass is 127. The number of halogens is 1. The van der Waals surface area contributed by atoms with Crippen LogP contribution in [0.2, 0.25) is 0 Å². The molecule has 0 atom stereocenters. The molecule has 31 heavy (non-hydrogen) atoms. The predicted molar refractivity (Wildman–Crippen MR) is 133 cm³/mol. The Morgan fingerprint density at radius 2 is 2.00 bits per heavy atom. The molecule has 1 aromatic rings. The summed E-state index contributed by atoms with van der Waals surface area (Å²) in [6.45, 7) is 5.39. The molecule has 2 amide bonds. The molecule has 0 bridgehead atoms. The zero-order valence-corrected chi connectivity index (χ0v) is 20.9. The molecule has 1 aliphatic heterocycles. The molecule has 1 aromatic carbocycles. The molecule has 1 aliphatic rings. The largest absolute Gasteiger partial charge is 0.484 e. The van der Waals surface area contributed by atoms with Crippen LogP contribution in [-0.2, 0) is 16.1 Å². The Bertz CT molecular complexity index is 736. The monoisotopic (exact) mass is 546 g/mol. The fourth-order valence-corrected chi connectivity index (χ4v) is 3.14. The van der Waals surface area contributed by atoms with Crippen LogP contribution in [0.1, 0.15) is 25.3 Å². The van der Waals surface area contributed by atoms with Gasteiger partial charge in [0.25, 0.3) is 5.91 Å². The third-order valence-electron chi connectivity index (χ3n) is 4.83. The summed E-state index contributed by atoms with van der Waals surface area (Å²) >= 11 is 0. The Morgan fingerprint density at radius 3 is 2.61 bits per heavy atom. The van der Waals surface area contributed by atoms with Gasteiger partial charge in [0.1, 0.15) is 5.75 Å². The van der Waals surface area contributed by atoms with Crippen LogP contribution in [0.5, 0.6) is 5.75 Å². The molecule has 0 radical (unpaired) electrons. The van der Waals surface area contributed by atoms with Crippen molar-refractivity contribution in [3.05, 3.63) is 29.8 Å². The summed E-state index contributed by atoms with van der Waals surface area (Å²) in [5, 5.41) is 6.79. The van der Waals surface area contributed by atoms with Gasteiger partial charge in [-0.1, -0.05) is 12.1 Å². The lowest BCUT2D eigenvalue weighted by molar-refractivity contribution is -0.130. The molecular formula is C21H35IN6O3. The molecule has 4 N–H and O–H groups in total. The number of primary amides is 1. The number of piperidine rings is 1. The summed E-state index contributed by atoms with van der Waals surface area (Å²) in [6.07, 6.45) is 1.92. The summed E-state index contributed by atoms with van der Waals surface area (Å²) in [5.41, 5.74) is 6.10. The number of hydrogen-bond donors (Lipinski definition) is 3. The second-order valence-corrected chi connectivity index (χ2v) is 7.58. The Hall–Kier alpha value is -2.08. The number of guanidine groups is 1. The molecule has 2 rings (SSSR count). The van der Waals surface area contributed by atoms with E-state index in [1.54, 1.807) is 25.1 Å². The highest BCUT2D eigenvalue weighted by Gasteiger charge is 2.22. The van der Waals surface area contributed by atoms with Gasteiger partial charge in [-0.05, 0) is 37.5 Å². The molecule has 174 valence electrons. The first kappa shape index (κ1) is 27.0. The molecular weight excluding hydrogens is 511 g/mol. The van der Waals surface area contributed by atoms with Gasteiger partial charge in [0.2, 0.25) is 5.91 Å². The highest BCUT2D eigenvalue weighted by Crippen LogP contribution is 2.14. The molecule has 0 saturated carbocycles. The van der Waals surface area contributed by atoms with E-state index in [9.17, 15) is 9.59 Å². The van der Waals surface area contributed by atoms with E-state index in [1.165, 1.54) is 0 Å². The van der Waals surface area contributed by atoms with E-state index >= 15 is 0 Å². The Kier molecular flexibility index (Phi) is 12.2. The number of nitrogens with zero attached hydrogens (tertiary/aromatic N) is 3. The van der Waals surface area contributed by atoms with Crippen molar-refractivity contribution in [3.63, 3.8) is 0 Å². The van der Waals surface area contributed by atoms with Crippen molar-refractivity contribution in [2.24, 2.45) is 10.7 Å². The van der Waals surface area contributed by atoms with Gasteiger partial charge in [-0.25, -0.2) is 4.99 Å². The lowest BCUT2D eigenvalue weighted by atomic mass is 10.1. The number of benzene rings is 1. The molecule has 0 spiro atoms. The number of amides is 2. The highest BCUT2D eigenvalue weighted by molar-refractivity contribution is 14.0. The van der Waals surface area contributed by atoms with Crippen molar-refractivity contribution < 1.29 is 14.3 Å². The summed E-state index contributed by atoms with van der Waals surface area (Å²) in [5.74, 6) is 0.996. The minimum Gasteiger partial charge on any atom is -0.484 e. The lowest BCUT2D eigenvalue weighted by Crippen LogP contribution is -2.50. The second kappa shape index (κ2) is 14.1. The smallest absolute Gasteiger partial charge is 0.255 e. The zero-order chi connectivity index (χ0) is 21.9. The van der Waals surface area contributed by atoms with Crippen LogP contribution in [0, 0.1) is 0 Å². The van der Waals surface area contributed by atoms with Gasteiger partial charge in [0.05, 0.1) is 13.1 Å². The second-order valence-electron chi connectivity index (χ2n) is 7.58. The summed E-state index contributed by atoms with van der Waals surface area (Å²) < 4.78 is 5.35. The van der Waals surface area contributed by atoms with E-state index in [1.807, 2.05) is 25.1 Å². The quantitative estimate of drug-likeness (QED) is 0.240. The predicted octanol–water partition coefficient (Wildman–Crippen LogP) is 0.776. The number of nitrogens with two attached hydrogens (primary N) is 1. The van der Waals surface area contributed by atoms with E-state index < -0.39 is 5.91 Å². The first-order valence-corrected chi connectivity index (χ1v) is 10.3. The van der Waals surface area contributed by atoms with Crippen LogP contribution in [-0.4, -0.2) is 80.5 Å². The molecule has 1 fully saturated rings. The van der Waals surface area contributed by atoms with Gasteiger partial charge < -0.3 is 26.0 Å². The van der Waals surface area contributed by atoms with Gasteiger partial charge in [-0.3, -0.25) is 14.5 Å². The molecule has 0 unspecified atom stereocenters. The third-order valence-corrected chi connectivity index (χ3v) is 4.83. The molecule has 1 saturated heterocycles. The third kappa shape index (κ3) is 10.2. The van der Waals surface area contributed by atoms with Gasteiger partial charge in [0.15, 0.2) is 12.6 Å². The first-order valence-electron chi connectivity index (χ1n) is 10.3. The molecule has 9 nitrogen and oxygen atoms in total. The number of aliphatic imine (C=N–C) groups is 1. The van der Waals surface area contributed by atoms with Crippen LogP contribution < -0.4 is 21.1 Å². The number of carbonyl (C=O) groups is 2. The average Bonchev–Trinajstić information content (AvgIpc) is 2.72. The topological polar surface area (TPSA) is 112 Å². The van der Waals surface area contributed by atoms with Gasteiger partial charge >= 0.3 is 0 Å². The Labute approximate surface area is 201 Å². The minimum atomic E-state index is -0.505. The molecule has 0 aromatic heterocycles. The van der Waals surface area contributed by atoms with E-state index in [-0.39, 0.29) is 36.5 Å². The van der Waals surface area contributed by atoms with E-state index in [4.69, 9.17) is 10.5 Å². The van der Waals surface area contributed by atoms with Crippen LogP contribution in [0.4, 0.5) is 0 Å². The van der Waals surface area contributed by atoms with Crippen molar-refractivity contribution in [2.75, 3.05) is 46.9 Å². The van der Waals surface area contributed by atoms with Gasteiger partial charge in [-0.15, -0.1) is 24.0 Å². The number of nitrogens with one attached hydrogen (secondary N) is 2. The van der Waals surface area contributed by atoms with E-state index in [2.05, 4.69) is 20.5 Å². The zero-order valence-electron chi connectivity index (χ0n) is 18.6. The fourth-order valence-electron chi connectivity index (χ4n) is 3.14. The van der Waals surface area contributed by atoms with Crippen molar-refractivity contribution in [1.82, 2.24) is 20.4 Å². The maximum atomic E-state index is 11.9. The molecule has 10 heteroatoms. The number of carbonyl (C=O) groups excluding carboxylic acids is 2. The number of likely N-dealkylation sites (N-methyl/N-ethyl adjacent to an activating group) is 1. The van der Waals surface area contributed by atoms with Gasteiger partial charge in [-0.2, -0.15) is 0 Å². The van der Waals surface area contributed by atoms with E-state index in [0.29, 0.717) is 24.9 Å². The van der Waals surface area contributed by atoms with Crippen molar-refractivity contribution in [2.45, 2.75) is 32.4 Å². The number of hydrogen-bond acceptors (Lipinski definition) is 5. The van der Waals surface area contributed by atoms with Crippen LogP contribution in [0.25, 0.3) is 0 Å². The first-order chi connectivity index (χ1) is 14.4.